The average molecular weight is 678 g/mol. The number of hydrogen-bond donors (Lipinski definition) is 2. The molecule has 0 spiro atoms. The molecule has 13 heteroatoms. The highest BCUT2D eigenvalue weighted by Crippen LogP contribution is 2.56. The summed E-state index contributed by atoms with van der Waals surface area (Å²) in [5.74, 6) is -3.18. The number of fused-ring (bicyclic) bond motifs is 3. The van der Waals surface area contributed by atoms with Crippen molar-refractivity contribution in [1.29, 1.82) is 0 Å². The summed E-state index contributed by atoms with van der Waals surface area (Å²) in [4.78, 5) is 27.7. The second kappa shape index (κ2) is 10.2. The van der Waals surface area contributed by atoms with Crippen molar-refractivity contribution in [2.45, 2.75) is 78.4 Å². The van der Waals surface area contributed by atoms with Crippen LogP contribution in [0.4, 0.5) is 0 Å². The number of esters is 2. The van der Waals surface area contributed by atoms with E-state index in [0.717, 1.165) is 17.5 Å². The quantitative estimate of drug-likeness (QED) is 0.233. The minimum Gasteiger partial charge on any atom is -0.458 e. The second-order valence-corrected chi connectivity index (χ2v) is 16.7. The summed E-state index contributed by atoms with van der Waals surface area (Å²) in [7, 11) is -8.52. The number of carbonyl (C=O) groups excluding carboxylic acids is 2. The van der Waals surface area contributed by atoms with Gasteiger partial charge in [0.05, 0.1) is 23.0 Å². The predicted octanol–water partition coefficient (Wildman–Crippen LogP) is 2.99. The van der Waals surface area contributed by atoms with Crippen molar-refractivity contribution in [2.24, 2.45) is 11.8 Å². The van der Waals surface area contributed by atoms with Gasteiger partial charge in [0.15, 0.2) is 0 Å². The van der Waals surface area contributed by atoms with Gasteiger partial charge in [0.25, 0.3) is 10.1 Å². The van der Waals surface area contributed by atoms with E-state index < -0.39 is 73.5 Å². The molecule has 0 radical (unpaired) electrons. The minimum absolute atomic E-state index is 0.0245. The predicted molar refractivity (Wildman–Crippen MR) is 165 cm³/mol. The van der Waals surface area contributed by atoms with E-state index in [4.69, 9.17) is 14.2 Å². The fourth-order valence-electron chi connectivity index (χ4n) is 9.28. The SMILES string of the molecule is O=C(OC1C2NS(=O)(=O)C3C2OC1C3C(=O)Oc1ccc(S(=O)(=O)O)c2c1CCCC2)C1CC2c3ccccc3C1c1ccccc12. The largest absolute Gasteiger partial charge is 0.458 e. The van der Waals surface area contributed by atoms with E-state index in [2.05, 4.69) is 16.9 Å². The third-order valence-electron chi connectivity index (χ3n) is 11.1. The topological polar surface area (TPSA) is 162 Å². The van der Waals surface area contributed by atoms with Gasteiger partial charge in [0.1, 0.15) is 29.1 Å². The molecule has 47 heavy (non-hydrogen) atoms. The standard InChI is InChI=1S/C34H31NO10S2/c36-33(23-15-22-16-7-1-5-11-20(16)26(23)21-12-6-2-8-17(21)22)45-30-28-31-32(46(38,39)35-28)27(29(30)44-31)34(37)43-24-13-14-25(47(40,41)42)19-10-4-3-9-18(19)24/h1-2,5-8,11-14,22-23,26-32,35H,3-4,9-10,15H2,(H,40,41,42). The number of sulfonamides is 1. The first-order chi connectivity index (χ1) is 22.5. The van der Waals surface area contributed by atoms with Crippen molar-refractivity contribution in [3.05, 3.63) is 94.0 Å². The van der Waals surface area contributed by atoms with Crippen LogP contribution in [0.25, 0.3) is 0 Å². The van der Waals surface area contributed by atoms with Crippen LogP contribution in [0.2, 0.25) is 0 Å². The summed E-state index contributed by atoms with van der Waals surface area (Å²) in [5.41, 5.74) is 5.44. The van der Waals surface area contributed by atoms with Crippen LogP contribution in [0, 0.1) is 11.8 Å². The maximum absolute atomic E-state index is 14.1. The molecule has 3 saturated heterocycles. The molecule has 3 aliphatic heterocycles. The Morgan fingerprint density at radius 1 is 0.851 bits per heavy atom. The molecule has 0 aromatic heterocycles. The van der Waals surface area contributed by atoms with Gasteiger partial charge < -0.3 is 14.2 Å². The maximum Gasteiger partial charge on any atom is 0.318 e. The Morgan fingerprint density at radius 2 is 1.49 bits per heavy atom. The number of rotatable bonds is 5. The smallest absolute Gasteiger partial charge is 0.318 e. The van der Waals surface area contributed by atoms with Gasteiger partial charge in [-0.05, 0) is 77.6 Å². The second-order valence-electron chi connectivity index (χ2n) is 13.4. The van der Waals surface area contributed by atoms with E-state index in [1.807, 2.05) is 36.4 Å². The van der Waals surface area contributed by atoms with E-state index in [1.54, 1.807) is 0 Å². The van der Waals surface area contributed by atoms with Crippen LogP contribution in [0.5, 0.6) is 5.75 Å². The first-order valence-corrected chi connectivity index (χ1v) is 18.9. The van der Waals surface area contributed by atoms with Crippen LogP contribution in [0.1, 0.15) is 64.5 Å². The van der Waals surface area contributed by atoms with Crippen LogP contribution in [-0.4, -0.2) is 62.9 Å². The number of hydrogen-bond acceptors (Lipinski definition) is 9. The molecule has 7 unspecified atom stereocenters. The van der Waals surface area contributed by atoms with Gasteiger partial charge in [-0.1, -0.05) is 48.5 Å². The van der Waals surface area contributed by atoms with Gasteiger partial charge in [0.2, 0.25) is 10.0 Å². The van der Waals surface area contributed by atoms with Gasteiger partial charge in [-0.2, -0.15) is 8.42 Å². The molecule has 244 valence electrons. The molecule has 11 nitrogen and oxygen atoms in total. The molecule has 3 aromatic rings. The molecule has 7 atom stereocenters. The third-order valence-corrected chi connectivity index (χ3v) is 13.9. The zero-order chi connectivity index (χ0) is 32.4. The Hall–Kier alpha value is -3.62. The van der Waals surface area contributed by atoms with Crippen molar-refractivity contribution < 1.29 is 45.2 Å². The number of nitrogens with one attached hydrogen (secondary N) is 1. The zero-order valence-corrected chi connectivity index (χ0v) is 26.6. The highest BCUT2D eigenvalue weighted by molar-refractivity contribution is 7.90. The third kappa shape index (κ3) is 4.26. The van der Waals surface area contributed by atoms with Gasteiger partial charge in [0, 0.05) is 11.8 Å². The Kier molecular flexibility index (Phi) is 6.40. The van der Waals surface area contributed by atoms with E-state index >= 15 is 0 Å². The Bertz CT molecular complexity index is 2050. The summed E-state index contributed by atoms with van der Waals surface area (Å²) >= 11 is 0. The number of ether oxygens (including phenoxy) is 3. The summed E-state index contributed by atoms with van der Waals surface area (Å²) in [6, 6.07) is 17.9. The fraction of sp³-hybridized carbons (Fsp3) is 0.412. The molecular formula is C34H31NO10S2. The van der Waals surface area contributed by atoms with Gasteiger partial charge in [-0.25, -0.2) is 13.1 Å². The highest BCUT2D eigenvalue weighted by Gasteiger charge is 2.72. The molecule has 7 aliphatic rings. The first-order valence-electron chi connectivity index (χ1n) is 15.9. The lowest BCUT2D eigenvalue weighted by Gasteiger charge is -2.44. The van der Waals surface area contributed by atoms with E-state index in [-0.39, 0.29) is 22.5 Å². The van der Waals surface area contributed by atoms with E-state index in [1.165, 1.54) is 23.3 Å². The molecule has 3 fully saturated rings. The summed E-state index contributed by atoms with van der Waals surface area (Å²) in [5, 5.41) is -1.22. The summed E-state index contributed by atoms with van der Waals surface area (Å²) in [6.07, 6.45) is -0.212. The van der Waals surface area contributed by atoms with Crippen molar-refractivity contribution in [1.82, 2.24) is 4.72 Å². The average Bonchev–Trinajstić information content (AvgIpc) is 3.67. The lowest BCUT2D eigenvalue weighted by Crippen LogP contribution is -2.52. The lowest BCUT2D eigenvalue weighted by molar-refractivity contribution is -0.162. The van der Waals surface area contributed by atoms with Gasteiger partial charge in [-0.3, -0.25) is 14.1 Å². The normalized spacial score (nSPS) is 33.5. The Labute approximate surface area is 271 Å². The Balaban J connectivity index is 1.02. The fourth-order valence-corrected chi connectivity index (χ4v) is 12.1. The van der Waals surface area contributed by atoms with Crippen LogP contribution in [0.3, 0.4) is 0 Å². The molecular weight excluding hydrogens is 647 g/mol. The summed E-state index contributed by atoms with van der Waals surface area (Å²) in [6.45, 7) is 0. The Morgan fingerprint density at radius 3 is 2.15 bits per heavy atom. The summed E-state index contributed by atoms with van der Waals surface area (Å²) < 4.78 is 81.1. The first kappa shape index (κ1) is 29.5. The van der Waals surface area contributed by atoms with Crippen molar-refractivity contribution >= 4 is 32.1 Å². The van der Waals surface area contributed by atoms with Crippen LogP contribution in [-0.2, 0) is 52.0 Å². The zero-order valence-electron chi connectivity index (χ0n) is 24.9. The van der Waals surface area contributed by atoms with Gasteiger partial charge >= 0.3 is 11.9 Å². The van der Waals surface area contributed by atoms with Crippen LogP contribution >= 0.6 is 0 Å². The molecule has 4 bridgehead atoms. The number of benzene rings is 3. The minimum atomic E-state index is -4.50. The molecule has 2 N–H and O–H groups in total. The van der Waals surface area contributed by atoms with Crippen molar-refractivity contribution in [3.63, 3.8) is 0 Å². The monoisotopic (exact) mass is 677 g/mol. The molecule has 3 heterocycles. The molecule has 10 rings (SSSR count). The molecule has 0 amide bonds. The maximum atomic E-state index is 14.1. The van der Waals surface area contributed by atoms with Crippen LogP contribution in [0.15, 0.2) is 65.6 Å². The number of carbonyl (C=O) groups is 2. The van der Waals surface area contributed by atoms with E-state index in [9.17, 15) is 31.0 Å². The van der Waals surface area contributed by atoms with Gasteiger partial charge in [-0.15, -0.1) is 0 Å². The van der Waals surface area contributed by atoms with E-state index in [0.29, 0.717) is 36.8 Å². The van der Waals surface area contributed by atoms with Crippen LogP contribution < -0.4 is 9.46 Å². The highest BCUT2D eigenvalue weighted by atomic mass is 32.2. The molecule has 4 aliphatic carbocycles. The van der Waals surface area contributed by atoms with Crippen molar-refractivity contribution in [3.8, 4) is 5.75 Å². The lowest BCUT2D eigenvalue weighted by atomic mass is 9.59. The van der Waals surface area contributed by atoms with Crippen molar-refractivity contribution in [2.75, 3.05) is 0 Å². The molecule has 3 aromatic carbocycles. The molecule has 0 saturated carbocycles.